The van der Waals surface area contributed by atoms with Crippen LogP contribution in [0.15, 0.2) is 30.3 Å². The molecule has 0 bridgehead atoms. The molecule has 2 rings (SSSR count). The van der Waals surface area contributed by atoms with Gasteiger partial charge in [0.25, 0.3) is 5.91 Å². The fraction of sp³-hybridized carbons (Fsp3) is 0.214. The predicted octanol–water partition coefficient (Wildman–Crippen LogP) is 2.16. The molecule has 0 fully saturated rings. The summed E-state index contributed by atoms with van der Waals surface area (Å²) in [6.07, 6.45) is 0. The summed E-state index contributed by atoms with van der Waals surface area (Å²) in [7, 11) is 2.90. The van der Waals surface area contributed by atoms with E-state index >= 15 is 0 Å². The Labute approximate surface area is 132 Å². The van der Waals surface area contributed by atoms with Crippen molar-refractivity contribution in [2.24, 2.45) is 0 Å². The van der Waals surface area contributed by atoms with Gasteiger partial charge in [0.1, 0.15) is 5.75 Å². The molecule has 0 radical (unpaired) electrons. The third-order valence-corrected chi connectivity index (χ3v) is 2.86. The molecule has 0 unspecified atom stereocenters. The fourth-order valence-corrected chi connectivity index (χ4v) is 1.73. The zero-order chi connectivity index (χ0) is 15.9. The molecule has 1 aromatic heterocycles. The van der Waals surface area contributed by atoms with Gasteiger partial charge in [-0.3, -0.25) is 10.1 Å². The van der Waals surface area contributed by atoms with E-state index in [1.807, 2.05) is 0 Å². The molecule has 7 nitrogen and oxygen atoms in total. The number of amides is 1. The van der Waals surface area contributed by atoms with Gasteiger partial charge in [0, 0.05) is 0 Å². The van der Waals surface area contributed by atoms with Gasteiger partial charge in [0.05, 0.1) is 25.3 Å². The second-order valence-corrected chi connectivity index (χ2v) is 4.45. The number of rotatable bonds is 6. The van der Waals surface area contributed by atoms with E-state index in [2.05, 4.69) is 15.3 Å². The second-order valence-electron chi connectivity index (χ2n) is 4.04. The van der Waals surface area contributed by atoms with E-state index in [0.29, 0.717) is 10.8 Å². The number of halogens is 1. The number of benzene rings is 1. The fourth-order valence-electron chi connectivity index (χ4n) is 1.53. The molecule has 8 heteroatoms. The number of nitrogens with one attached hydrogen (secondary N) is 1. The number of para-hydroxylation sites is 1. The highest BCUT2D eigenvalue weighted by atomic mass is 35.5. The summed E-state index contributed by atoms with van der Waals surface area (Å²) in [6.45, 7) is -0.230. The Balaban J connectivity index is 1.98. The lowest BCUT2D eigenvalue weighted by Crippen LogP contribution is -2.21. The summed E-state index contributed by atoms with van der Waals surface area (Å²) >= 11 is 5.93. The van der Waals surface area contributed by atoms with Crippen molar-refractivity contribution in [1.82, 2.24) is 9.97 Å². The van der Waals surface area contributed by atoms with Gasteiger partial charge in [-0.2, -0.15) is 9.97 Å². The lowest BCUT2D eigenvalue weighted by molar-refractivity contribution is -0.118. The van der Waals surface area contributed by atoms with Crippen LogP contribution < -0.4 is 19.5 Å². The molecule has 0 spiro atoms. The third-order valence-electron chi connectivity index (χ3n) is 2.54. The minimum Gasteiger partial charge on any atom is -0.482 e. The molecule has 0 saturated carbocycles. The minimum atomic E-state index is -0.435. The van der Waals surface area contributed by atoms with E-state index in [4.69, 9.17) is 25.8 Å². The standard InChI is InChI=1S/C14H14ClN3O4/c1-20-12-7-13(21-2)18-14(17-12)16-11(19)8-22-10-6-4-3-5-9(10)15/h3-7H,8H2,1-2H3,(H,16,17,18,19). The molecule has 116 valence electrons. The van der Waals surface area contributed by atoms with Crippen molar-refractivity contribution >= 4 is 23.5 Å². The van der Waals surface area contributed by atoms with E-state index in [0.717, 1.165) is 0 Å². The topological polar surface area (TPSA) is 82.6 Å². The monoisotopic (exact) mass is 323 g/mol. The first kappa shape index (κ1) is 15.8. The first-order valence-corrected chi connectivity index (χ1v) is 6.64. The average molecular weight is 324 g/mol. The maximum Gasteiger partial charge on any atom is 0.264 e. The number of hydrogen-bond acceptors (Lipinski definition) is 6. The highest BCUT2D eigenvalue weighted by Crippen LogP contribution is 2.23. The van der Waals surface area contributed by atoms with Gasteiger partial charge in [-0.05, 0) is 12.1 Å². The number of aromatic nitrogens is 2. The lowest BCUT2D eigenvalue weighted by atomic mass is 10.3. The van der Waals surface area contributed by atoms with Crippen LogP contribution in [0, 0.1) is 0 Å². The molecule has 0 aliphatic carbocycles. The van der Waals surface area contributed by atoms with E-state index in [-0.39, 0.29) is 24.3 Å². The van der Waals surface area contributed by atoms with Crippen molar-refractivity contribution in [1.29, 1.82) is 0 Å². The Morgan fingerprint density at radius 2 is 1.82 bits per heavy atom. The van der Waals surface area contributed by atoms with Gasteiger partial charge in [0.2, 0.25) is 17.7 Å². The molecule has 0 aliphatic rings. The predicted molar refractivity (Wildman–Crippen MR) is 80.7 cm³/mol. The Bertz CT molecular complexity index is 644. The van der Waals surface area contributed by atoms with Crippen LogP contribution >= 0.6 is 11.6 Å². The van der Waals surface area contributed by atoms with Crippen LogP contribution in [-0.4, -0.2) is 36.7 Å². The SMILES string of the molecule is COc1cc(OC)nc(NC(=O)COc2ccccc2Cl)n1. The molecule has 1 heterocycles. The molecular formula is C14H14ClN3O4. The quantitative estimate of drug-likeness (QED) is 0.877. The number of carbonyl (C=O) groups is 1. The molecule has 0 aliphatic heterocycles. The van der Waals surface area contributed by atoms with E-state index in [9.17, 15) is 4.79 Å². The molecule has 0 saturated heterocycles. The lowest BCUT2D eigenvalue weighted by Gasteiger charge is -2.09. The number of methoxy groups -OCH3 is 2. The van der Waals surface area contributed by atoms with Crippen LogP contribution in [0.3, 0.4) is 0 Å². The Morgan fingerprint density at radius 1 is 1.18 bits per heavy atom. The van der Waals surface area contributed by atoms with Gasteiger partial charge >= 0.3 is 0 Å². The van der Waals surface area contributed by atoms with Crippen molar-refractivity contribution in [3.05, 3.63) is 35.4 Å². The van der Waals surface area contributed by atoms with E-state index in [1.54, 1.807) is 24.3 Å². The number of carbonyl (C=O) groups excluding carboxylic acids is 1. The van der Waals surface area contributed by atoms with Crippen molar-refractivity contribution in [2.75, 3.05) is 26.1 Å². The third kappa shape index (κ3) is 4.23. The number of anilines is 1. The number of ether oxygens (including phenoxy) is 3. The molecule has 2 aromatic rings. The van der Waals surface area contributed by atoms with Gasteiger partial charge in [-0.1, -0.05) is 23.7 Å². The Hall–Kier alpha value is -2.54. The molecule has 0 atom stereocenters. The van der Waals surface area contributed by atoms with Crippen LogP contribution in [-0.2, 0) is 4.79 Å². The smallest absolute Gasteiger partial charge is 0.264 e. The summed E-state index contributed by atoms with van der Waals surface area (Å²) in [5, 5.41) is 2.92. The van der Waals surface area contributed by atoms with Crippen LogP contribution in [0.25, 0.3) is 0 Å². The zero-order valence-electron chi connectivity index (χ0n) is 12.0. The minimum absolute atomic E-state index is 0.0592. The largest absolute Gasteiger partial charge is 0.482 e. The highest BCUT2D eigenvalue weighted by Gasteiger charge is 2.10. The second kappa shape index (κ2) is 7.46. The molecule has 1 aromatic carbocycles. The summed E-state index contributed by atoms with van der Waals surface area (Å²) in [4.78, 5) is 19.8. The van der Waals surface area contributed by atoms with Crippen molar-refractivity contribution < 1.29 is 19.0 Å². The van der Waals surface area contributed by atoms with Gasteiger partial charge < -0.3 is 14.2 Å². The summed E-state index contributed by atoms with van der Waals surface area (Å²) in [5.74, 6) is 0.589. The average Bonchev–Trinajstić information content (AvgIpc) is 2.53. The van der Waals surface area contributed by atoms with Crippen LogP contribution in [0.4, 0.5) is 5.95 Å². The number of hydrogen-bond donors (Lipinski definition) is 1. The van der Waals surface area contributed by atoms with Gasteiger partial charge in [-0.25, -0.2) is 0 Å². The first-order valence-electron chi connectivity index (χ1n) is 6.26. The first-order chi connectivity index (χ1) is 10.6. The molecule has 1 amide bonds. The van der Waals surface area contributed by atoms with Crippen LogP contribution in [0.5, 0.6) is 17.5 Å². The highest BCUT2D eigenvalue weighted by molar-refractivity contribution is 6.32. The maximum absolute atomic E-state index is 11.9. The van der Waals surface area contributed by atoms with E-state index in [1.165, 1.54) is 20.3 Å². The Morgan fingerprint density at radius 3 is 2.41 bits per heavy atom. The zero-order valence-corrected chi connectivity index (χ0v) is 12.8. The van der Waals surface area contributed by atoms with Crippen LogP contribution in [0.1, 0.15) is 0 Å². The number of nitrogens with zero attached hydrogens (tertiary/aromatic N) is 2. The van der Waals surface area contributed by atoms with Gasteiger partial charge in [-0.15, -0.1) is 0 Å². The molecule has 22 heavy (non-hydrogen) atoms. The Kier molecular flexibility index (Phi) is 5.37. The summed E-state index contributed by atoms with van der Waals surface area (Å²) < 4.78 is 15.3. The maximum atomic E-state index is 11.9. The van der Waals surface area contributed by atoms with Crippen molar-refractivity contribution in [2.45, 2.75) is 0 Å². The van der Waals surface area contributed by atoms with Crippen molar-refractivity contribution in [3.63, 3.8) is 0 Å². The summed E-state index contributed by atoms with van der Waals surface area (Å²) in [5.41, 5.74) is 0. The molecular weight excluding hydrogens is 310 g/mol. The molecule has 1 N–H and O–H groups in total. The van der Waals surface area contributed by atoms with E-state index < -0.39 is 5.91 Å². The normalized spacial score (nSPS) is 9.95. The van der Waals surface area contributed by atoms with Crippen molar-refractivity contribution in [3.8, 4) is 17.5 Å². The van der Waals surface area contributed by atoms with Crippen LogP contribution in [0.2, 0.25) is 5.02 Å². The summed E-state index contributed by atoms with van der Waals surface area (Å²) in [6, 6.07) is 8.36. The van der Waals surface area contributed by atoms with Gasteiger partial charge in [0.15, 0.2) is 6.61 Å².